The van der Waals surface area contributed by atoms with Crippen LogP contribution < -0.4 is 10.2 Å². The summed E-state index contributed by atoms with van der Waals surface area (Å²) in [7, 11) is 0. The third kappa shape index (κ3) is 6.03. The normalized spacial score (nSPS) is 10.4. The molecule has 7 nitrogen and oxygen atoms in total. The van der Waals surface area contributed by atoms with Gasteiger partial charge in [0.05, 0.1) is 28.7 Å². The van der Waals surface area contributed by atoms with Crippen molar-refractivity contribution in [2.75, 3.05) is 23.3 Å². The zero-order chi connectivity index (χ0) is 24.5. The lowest BCUT2D eigenvalue weighted by Crippen LogP contribution is -2.26. The molecule has 0 atom stereocenters. The molecule has 1 amide bonds. The first-order chi connectivity index (χ1) is 17.2. The quantitative estimate of drug-likeness (QED) is 0.348. The number of hydrogen-bond acceptors (Lipinski definition) is 6. The summed E-state index contributed by atoms with van der Waals surface area (Å²) in [5, 5.41) is 12.8. The molecule has 0 aliphatic carbocycles. The van der Waals surface area contributed by atoms with Crippen LogP contribution in [0.1, 0.15) is 16.8 Å². The molecular weight excluding hydrogens is 443 g/mol. The predicted molar refractivity (Wildman–Crippen MR) is 132 cm³/mol. The molecule has 2 aromatic carbocycles. The second-order valence-corrected chi connectivity index (χ2v) is 7.77. The largest absolute Gasteiger partial charge is 0.368 e. The maximum Gasteiger partial charge on any atom is 0.214 e. The molecular formula is C27H23FN6O. The fourth-order valence-electron chi connectivity index (χ4n) is 3.71. The minimum Gasteiger partial charge on any atom is -0.368 e. The van der Waals surface area contributed by atoms with E-state index in [0.29, 0.717) is 54.3 Å². The van der Waals surface area contributed by atoms with Crippen LogP contribution in [0.5, 0.6) is 0 Å². The summed E-state index contributed by atoms with van der Waals surface area (Å²) in [5.74, 6) is 0.213. The molecule has 0 radical (unpaired) electrons. The van der Waals surface area contributed by atoms with E-state index in [9.17, 15) is 14.4 Å². The molecule has 4 aromatic rings. The van der Waals surface area contributed by atoms with Crippen molar-refractivity contribution in [1.82, 2.24) is 15.0 Å². The molecule has 4 rings (SSSR count). The molecule has 1 N–H and O–H groups in total. The monoisotopic (exact) mass is 466 g/mol. The number of carbonyl (C=O) groups is 1. The van der Waals surface area contributed by atoms with Gasteiger partial charge in [-0.1, -0.05) is 30.3 Å². The van der Waals surface area contributed by atoms with Gasteiger partial charge < -0.3 is 10.2 Å². The van der Waals surface area contributed by atoms with Crippen molar-refractivity contribution < 1.29 is 9.18 Å². The third-order valence-corrected chi connectivity index (χ3v) is 5.45. The van der Waals surface area contributed by atoms with Crippen molar-refractivity contribution in [1.29, 1.82) is 5.26 Å². The number of benzene rings is 2. The van der Waals surface area contributed by atoms with Gasteiger partial charge in [0, 0.05) is 43.7 Å². The number of nitrogens with one attached hydrogen (secondary N) is 1. The lowest BCUT2D eigenvalue weighted by atomic mass is 10.0. The van der Waals surface area contributed by atoms with E-state index in [2.05, 4.69) is 21.4 Å². The molecule has 0 spiro atoms. The molecule has 8 heteroatoms. The molecule has 174 valence electrons. The zero-order valence-electron chi connectivity index (χ0n) is 18.9. The van der Waals surface area contributed by atoms with E-state index in [1.165, 1.54) is 12.1 Å². The Labute approximate surface area is 202 Å². The van der Waals surface area contributed by atoms with E-state index in [1.54, 1.807) is 47.8 Å². The van der Waals surface area contributed by atoms with Crippen LogP contribution in [0.2, 0.25) is 0 Å². The number of halogens is 1. The standard InChI is InChI=1S/C27H23FN6O/c28-22-6-3-4-20(16-22)10-12-32-27-26(34(19-35)15-11-23-18-30-13-14-31-23)9-8-25(33-27)24-7-2-1-5-21(24)17-29/h1-9,13-14,16,18-19H,10-12,15H2,(H,32,33). The van der Waals surface area contributed by atoms with Crippen molar-refractivity contribution in [3.63, 3.8) is 0 Å². The molecule has 35 heavy (non-hydrogen) atoms. The van der Waals surface area contributed by atoms with E-state index in [4.69, 9.17) is 4.98 Å². The molecule has 0 fully saturated rings. The highest BCUT2D eigenvalue weighted by Crippen LogP contribution is 2.29. The van der Waals surface area contributed by atoms with E-state index in [-0.39, 0.29) is 5.82 Å². The van der Waals surface area contributed by atoms with Gasteiger partial charge in [0.1, 0.15) is 5.82 Å². The van der Waals surface area contributed by atoms with Gasteiger partial charge in [-0.3, -0.25) is 14.8 Å². The Morgan fingerprint density at radius 3 is 2.71 bits per heavy atom. The zero-order valence-corrected chi connectivity index (χ0v) is 18.9. The van der Waals surface area contributed by atoms with E-state index >= 15 is 0 Å². The van der Waals surface area contributed by atoms with E-state index in [0.717, 1.165) is 17.7 Å². The highest BCUT2D eigenvalue weighted by molar-refractivity contribution is 5.83. The van der Waals surface area contributed by atoms with Crippen LogP contribution in [0.4, 0.5) is 15.9 Å². The molecule has 2 heterocycles. The lowest BCUT2D eigenvalue weighted by Gasteiger charge is -2.21. The SMILES string of the molecule is N#Cc1ccccc1-c1ccc(N(C=O)CCc2cnccn2)c(NCCc2cccc(F)c2)n1. The van der Waals surface area contributed by atoms with Gasteiger partial charge in [-0.15, -0.1) is 0 Å². The number of carbonyl (C=O) groups excluding carboxylic acids is 1. The number of rotatable bonds is 10. The molecule has 0 unspecified atom stereocenters. The summed E-state index contributed by atoms with van der Waals surface area (Å²) in [5.41, 5.74) is 4.04. The number of anilines is 2. The topological polar surface area (TPSA) is 94.8 Å². The highest BCUT2D eigenvalue weighted by atomic mass is 19.1. The minimum atomic E-state index is -0.285. The van der Waals surface area contributed by atoms with Crippen molar-refractivity contribution >= 4 is 17.9 Å². The fraction of sp³-hybridized carbons (Fsp3) is 0.148. The van der Waals surface area contributed by atoms with E-state index in [1.807, 2.05) is 24.3 Å². The molecule has 2 aromatic heterocycles. The predicted octanol–water partition coefficient (Wildman–Crippen LogP) is 4.41. The Hall–Kier alpha value is -4.64. The maximum atomic E-state index is 13.6. The van der Waals surface area contributed by atoms with Gasteiger partial charge in [-0.05, 0) is 42.3 Å². The maximum absolute atomic E-state index is 13.6. The average Bonchev–Trinajstić information content (AvgIpc) is 2.90. The highest BCUT2D eigenvalue weighted by Gasteiger charge is 2.15. The Morgan fingerprint density at radius 2 is 1.94 bits per heavy atom. The van der Waals surface area contributed by atoms with Crippen molar-refractivity contribution in [2.24, 2.45) is 0 Å². The Kier molecular flexibility index (Phi) is 7.71. The van der Waals surface area contributed by atoms with Crippen molar-refractivity contribution in [2.45, 2.75) is 12.8 Å². The van der Waals surface area contributed by atoms with Gasteiger partial charge in [0.15, 0.2) is 5.82 Å². The number of aromatic nitrogens is 3. The van der Waals surface area contributed by atoms with Crippen molar-refractivity contribution in [3.8, 4) is 17.3 Å². The van der Waals surface area contributed by atoms with E-state index < -0.39 is 0 Å². The van der Waals surface area contributed by atoms with Crippen LogP contribution in [-0.4, -0.2) is 34.5 Å². The third-order valence-electron chi connectivity index (χ3n) is 5.45. The Morgan fingerprint density at radius 1 is 1.06 bits per heavy atom. The minimum absolute atomic E-state index is 0.285. The van der Waals surface area contributed by atoms with Crippen LogP contribution in [0.15, 0.2) is 79.3 Å². The summed E-state index contributed by atoms with van der Waals surface area (Å²) in [6, 6.07) is 19.5. The Balaban J connectivity index is 1.61. The summed E-state index contributed by atoms with van der Waals surface area (Å²) in [6.45, 7) is 0.861. The summed E-state index contributed by atoms with van der Waals surface area (Å²) < 4.78 is 13.6. The number of nitrogens with zero attached hydrogens (tertiary/aromatic N) is 5. The fourth-order valence-corrected chi connectivity index (χ4v) is 3.71. The first-order valence-corrected chi connectivity index (χ1v) is 11.1. The molecule has 0 aliphatic heterocycles. The summed E-state index contributed by atoms with van der Waals surface area (Å²) in [6.07, 6.45) is 6.73. The average molecular weight is 467 g/mol. The number of amides is 1. The van der Waals surface area contributed by atoms with Crippen LogP contribution in [0.3, 0.4) is 0 Å². The number of pyridine rings is 1. The molecule has 0 aliphatic rings. The molecule has 0 saturated heterocycles. The molecule has 0 bridgehead atoms. The van der Waals surface area contributed by atoms with Crippen LogP contribution in [0, 0.1) is 17.1 Å². The summed E-state index contributed by atoms with van der Waals surface area (Å²) >= 11 is 0. The first-order valence-electron chi connectivity index (χ1n) is 11.1. The lowest BCUT2D eigenvalue weighted by molar-refractivity contribution is -0.107. The van der Waals surface area contributed by atoms with Crippen LogP contribution >= 0.6 is 0 Å². The first kappa shape index (κ1) is 23.5. The smallest absolute Gasteiger partial charge is 0.214 e. The van der Waals surface area contributed by atoms with Gasteiger partial charge >= 0.3 is 0 Å². The molecule has 0 saturated carbocycles. The van der Waals surface area contributed by atoms with Gasteiger partial charge in [0.25, 0.3) is 0 Å². The van der Waals surface area contributed by atoms with Crippen LogP contribution in [0.25, 0.3) is 11.3 Å². The number of nitriles is 1. The summed E-state index contributed by atoms with van der Waals surface area (Å²) in [4.78, 5) is 26.7. The second-order valence-electron chi connectivity index (χ2n) is 7.77. The number of hydrogen-bond donors (Lipinski definition) is 1. The second kappa shape index (κ2) is 11.5. The van der Waals surface area contributed by atoms with Gasteiger partial charge in [-0.25, -0.2) is 9.37 Å². The van der Waals surface area contributed by atoms with Gasteiger partial charge in [0.2, 0.25) is 6.41 Å². The van der Waals surface area contributed by atoms with Crippen molar-refractivity contribution in [3.05, 3.63) is 102 Å². The Bertz CT molecular complexity index is 1340. The van der Waals surface area contributed by atoms with Gasteiger partial charge in [-0.2, -0.15) is 5.26 Å². The van der Waals surface area contributed by atoms with Crippen LogP contribution in [-0.2, 0) is 17.6 Å².